The molecule has 1 aromatic carbocycles. The zero-order valence-corrected chi connectivity index (χ0v) is 13.1. The highest BCUT2D eigenvalue weighted by molar-refractivity contribution is 5.82. The fourth-order valence-electron chi connectivity index (χ4n) is 2.93. The van der Waals surface area contributed by atoms with Crippen molar-refractivity contribution in [2.24, 2.45) is 0 Å². The van der Waals surface area contributed by atoms with E-state index in [0.29, 0.717) is 11.3 Å². The molecule has 7 heteroatoms. The standard InChI is InChI=1S/C16H19N7/c1-21-6-8-22(9-7-21)12-2-4-13(5-3-12)23-11-20-14-15(17)18-10-19-16(14)23/h2-5,10-11H,6-9H2,1H3,(H2,17,18,19). The van der Waals surface area contributed by atoms with Crippen molar-refractivity contribution in [3.8, 4) is 5.69 Å². The van der Waals surface area contributed by atoms with Gasteiger partial charge in [-0.3, -0.25) is 4.57 Å². The first-order valence-electron chi connectivity index (χ1n) is 7.70. The minimum atomic E-state index is 0.405. The van der Waals surface area contributed by atoms with Crippen LogP contribution in [0.15, 0.2) is 36.9 Å². The number of imidazole rings is 1. The van der Waals surface area contributed by atoms with Crippen molar-refractivity contribution >= 4 is 22.7 Å². The summed E-state index contributed by atoms with van der Waals surface area (Å²) in [6.45, 7) is 4.33. The van der Waals surface area contributed by atoms with Gasteiger partial charge in [0.2, 0.25) is 0 Å². The topological polar surface area (TPSA) is 76.1 Å². The van der Waals surface area contributed by atoms with E-state index in [1.165, 1.54) is 12.0 Å². The van der Waals surface area contributed by atoms with Crippen LogP contribution in [-0.4, -0.2) is 57.6 Å². The smallest absolute Gasteiger partial charge is 0.170 e. The number of piperazine rings is 1. The van der Waals surface area contributed by atoms with Crippen molar-refractivity contribution in [3.05, 3.63) is 36.9 Å². The average Bonchev–Trinajstić information content (AvgIpc) is 3.01. The van der Waals surface area contributed by atoms with Gasteiger partial charge in [0.05, 0.1) is 0 Å². The van der Waals surface area contributed by atoms with Gasteiger partial charge < -0.3 is 15.5 Å². The largest absolute Gasteiger partial charge is 0.382 e. The normalized spacial score (nSPS) is 16.1. The van der Waals surface area contributed by atoms with Crippen LogP contribution in [0.25, 0.3) is 16.9 Å². The Morgan fingerprint density at radius 2 is 1.61 bits per heavy atom. The summed E-state index contributed by atoms with van der Waals surface area (Å²) in [4.78, 5) is 17.3. The molecule has 1 saturated heterocycles. The number of hydrogen-bond acceptors (Lipinski definition) is 6. The zero-order chi connectivity index (χ0) is 15.8. The van der Waals surface area contributed by atoms with Gasteiger partial charge in [0.1, 0.15) is 12.7 Å². The van der Waals surface area contributed by atoms with Crippen LogP contribution >= 0.6 is 0 Å². The minimum absolute atomic E-state index is 0.405. The van der Waals surface area contributed by atoms with E-state index in [0.717, 1.165) is 37.5 Å². The molecule has 0 spiro atoms. The Bertz CT molecular complexity index is 816. The Morgan fingerprint density at radius 3 is 2.35 bits per heavy atom. The summed E-state index contributed by atoms with van der Waals surface area (Å²) in [7, 11) is 2.16. The molecule has 1 aliphatic rings. The zero-order valence-electron chi connectivity index (χ0n) is 13.1. The number of rotatable bonds is 2. The predicted molar refractivity (Wildman–Crippen MR) is 90.8 cm³/mol. The highest BCUT2D eigenvalue weighted by Gasteiger charge is 2.14. The van der Waals surface area contributed by atoms with Crippen LogP contribution < -0.4 is 10.6 Å². The maximum atomic E-state index is 5.84. The molecule has 2 N–H and O–H groups in total. The molecule has 2 aromatic heterocycles. The number of anilines is 2. The third-order valence-electron chi connectivity index (χ3n) is 4.36. The molecule has 4 rings (SSSR count). The van der Waals surface area contributed by atoms with E-state index >= 15 is 0 Å². The second-order valence-corrected chi connectivity index (χ2v) is 5.85. The lowest BCUT2D eigenvalue weighted by Gasteiger charge is -2.34. The first kappa shape index (κ1) is 14.0. The van der Waals surface area contributed by atoms with Crippen LogP contribution in [-0.2, 0) is 0 Å². The van der Waals surface area contributed by atoms with Crippen LogP contribution in [0.5, 0.6) is 0 Å². The number of nitrogens with zero attached hydrogens (tertiary/aromatic N) is 6. The molecule has 118 valence electrons. The third kappa shape index (κ3) is 2.49. The molecule has 0 amide bonds. The van der Waals surface area contributed by atoms with E-state index < -0.39 is 0 Å². The molecule has 0 radical (unpaired) electrons. The summed E-state index contributed by atoms with van der Waals surface area (Å²) in [6, 6.07) is 8.48. The van der Waals surface area contributed by atoms with Crippen molar-refractivity contribution in [2.45, 2.75) is 0 Å². The van der Waals surface area contributed by atoms with Gasteiger partial charge in [-0.2, -0.15) is 0 Å². The lowest BCUT2D eigenvalue weighted by atomic mass is 10.2. The summed E-state index contributed by atoms with van der Waals surface area (Å²) < 4.78 is 1.93. The molecule has 0 atom stereocenters. The van der Waals surface area contributed by atoms with Crippen molar-refractivity contribution in [3.63, 3.8) is 0 Å². The van der Waals surface area contributed by atoms with E-state index in [1.807, 2.05) is 4.57 Å². The average molecular weight is 309 g/mol. The van der Waals surface area contributed by atoms with Crippen LogP contribution in [0.3, 0.4) is 0 Å². The van der Waals surface area contributed by atoms with Crippen LogP contribution in [0.1, 0.15) is 0 Å². The number of hydrogen-bond donors (Lipinski definition) is 1. The number of nitrogen functional groups attached to an aromatic ring is 1. The summed E-state index contributed by atoms with van der Waals surface area (Å²) in [6.07, 6.45) is 3.20. The maximum absolute atomic E-state index is 5.84. The lowest BCUT2D eigenvalue weighted by molar-refractivity contribution is 0.313. The molecule has 3 aromatic rings. The molecular weight excluding hydrogens is 290 g/mol. The minimum Gasteiger partial charge on any atom is -0.382 e. The Labute approximate surface area is 134 Å². The van der Waals surface area contributed by atoms with Gasteiger partial charge in [-0.15, -0.1) is 0 Å². The highest BCUT2D eigenvalue weighted by Crippen LogP contribution is 2.22. The molecule has 0 saturated carbocycles. The van der Waals surface area contributed by atoms with Crippen molar-refractivity contribution in [2.75, 3.05) is 43.9 Å². The summed E-state index contributed by atoms with van der Waals surface area (Å²) in [5.74, 6) is 0.405. The Kier molecular flexibility index (Phi) is 3.34. The first-order valence-corrected chi connectivity index (χ1v) is 7.70. The molecule has 7 nitrogen and oxygen atoms in total. The molecule has 1 aliphatic heterocycles. The molecule has 0 bridgehead atoms. The van der Waals surface area contributed by atoms with Gasteiger partial charge in [0, 0.05) is 37.6 Å². The second kappa shape index (κ2) is 5.51. The predicted octanol–water partition coefficient (Wildman–Crippen LogP) is 1.15. The van der Waals surface area contributed by atoms with Gasteiger partial charge in [-0.25, -0.2) is 15.0 Å². The SMILES string of the molecule is CN1CCN(c2ccc(-n3cnc4c(N)ncnc43)cc2)CC1. The summed E-state index contributed by atoms with van der Waals surface area (Å²) in [5.41, 5.74) is 9.47. The van der Waals surface area contributed by atoms with Crippen LogP contribution in [0.4, 0.5) is 11.5 Å². The Morgan fingerprint density at radius 1 is 0.913 bits per heavy atom. The lowest BCUT2D eigenvalue weighted by Crippen LogP contribution is -2.44. The second-order valence-electron chi connectivity index (χ2n) is 5.85. The van der Waals surface area contributed by atoms with E-state index in [4.69, 9.17) is 5.73 Å². The fourth-order valence-corrected chi connectivity index (χ4v) is 2.93. The van der Waals surface area contributed by atoms with E-state index in [1.54, 1.807) is 6.33 Å². The van der Waals surface area contributed by atoms with Gasteiger partial charge in [0.15, 0.2) is 17.0 Å². The maximum Gasteiger partial charge on any atom is 0.170 e. The number of likely N-dealkylation sites (N-methyl/N-ethyl adjacent to an activating group) is 1. The Hall–Kier alpha value is -2.67. The van der Waals surface area contributed by atoms with Crippen molar-refractivity contribution in [1.29, 1.82) is 0 Å². The van der Waals surface area contributed by atoms with Gasteiger partial charge in [-0.1, -0.05) is 0 Å². The number of benzene rings is 1. The van der Waals surface area contributed by atoms with Gasteiger partial charge in [-0.05, 0) is 31.3 Å². The van der Waals surface area contributed by atoms with Gasteiger partial charge >= 0.3 is 0 Å². The highest BCUT2D eigenvalue weighted by atomic mass is 15.2. The van der Waals surface area contributed by atoms with E-state index in [-0.39, 0.29) is 0 Å². The first-order chi connectivity index (χ1) is 11.2. The Balaban J connectivity index is 1.64. The molecule has 0 unspecified atom stereocenters. The monoisotopic (exact) mass is 309 g/mol. The molecular formula is C16H19N7. The number of nitrogens with two attached hydrogens (primary N) is 1. The summed E-state index contributed by atoms with van der Waals surface area (Å²) >= 11 is 0. The molecule has 3 heterocycles. The molecule has 23 heavy (non-hydrogen) atoms. The van der Waals surface area contributed by atoms with Gasteiger partial charge in [0.25, 0.3) is 0 Å². The third-order valence-corrected chi connectivity index (χ3v) is 4.36. The van der Waals surface area contributed by atoms with E-state index in [2.05, 4.69) is 56.1 Å². The number of fused-ring (bicyclic) bond motifs is 1. The van der Waals surface area contributed by atoms with Crippen molar-refractivity contribution < 1.29 is 0 Å². The fraction of sp³-hybridized carbons (Fsp3) is 0.312. The quantitative estimate of drug-likeness (QED) is 0.765. The number of aromatic nitrogens is 4. The summed E-state index contributed by atoms with van der Waals surface area (Å²) in [5, 5.41) is 0. The molecule has 0 aliphatic carbocycles. The van der Waals surface area contributed by atoms with Crippen LogP contribution in [0, 0.1) is 0 Å². The van der Waals surface area contributed by atoms with Crippen LogP contribution in [0.2, 0.25) is 0 Å². The molecule has 1 fully saturated rings. The van der Waals surface area contributed by atoms with E-state index in [9.17, 15) is 0 Å². The van der Waals surface area contributed by atoms with Crippen molar-refractivity contribution in [1.82, 2.24) is 24.4 Å².